The van der Waals surface area contributed by atoms with E-state index in [2.05, 4.69) is 0 Å². The molecule has 0 bridgehead atoms. The van der Waals surface area contributed by atoms with Crippen molar-refractivity contribution in [3.8, 4) is 5.75 Å². The van der Waals surface area contributed by atoms with Gasteiger partial charge >= 0.3 is 0 Å². The van der Waals surface area contributed by atoms with Crippen LogP contribution in [0.2, 0.25) is 0 Å². The van der Waals surface area contributed by atoms with E-state index in [-0.39, 0.29) is 5.91 Å². The first-order valence-corrected chi connectivity index (χ1v) is 9.07. The first kappa shape index (κ1) is 16.1. The van der Waals surface area contributed by atoms with E-state index in [0.717, 1.165) is 49.6 Å². The first-order valence-electron chi connectivity index (χ1n) is 8.26. The van der Waals surface area contributed by atoms with Crippen molar-refractivity contribution in [3.05, 3.63) is 52.2 Å². The highest BCUT2D eigenvalue weighted by atomic mass is 32.1. The number of ether oxygens (including phenoxy) is 1. The Balaban J connectivity index is 1.41. The molecular formula is C19H23NO2S. The van der Waals surface area contributed by atoms with E-state index < -0.39 is 0 Å². The van der Waals surface area contributed by atoms with E-state index in [1.807, 2.05) is 54.3 Å². The number of carbonyl (C=O) groups excluding carboxylic acids is 1. The van der Waals surface area contributed by atoms with Crippen LogP contribution in [0.15, 0.2) is 42.5 Å². The molecule has 23 heavy (non-hydrogen) atoms. The van der Waals surface area contributed by atoms with Crippen molar-refractivity contribution >= 4 is 17.2 Å². The molecule has 1 aromatic heterocycles. The molecule has 2 heterocycles. The molecule has 3 nitrogen and oxygen atoms in total. The quantitative estimate of drug-likeness (QED) is 0.815. The van der Waals surface area contributed by atoms with Gasteiger partial charge in [0.05, 0.1) is 11.5 Å². The van der Waals surface area contributed by atoms with Gasteiger partial charge < -0.3 is 9.64 Å². The minimum atomic E-state index is 0.196. The van der Waals surface area contributed by atoms with Crippen LogP contribution < -0.4 is 4.74 Å². The standard InChI is InChI=1S/C19H23NO2S/c1-15-7-8-18(23-15)19(21)20-12-9-16(10-13-20)11-14-22-17-5-3-2-4-6-17/h2-8,16H,9-14H2,1H3. The Morgan fingerprint density at radius 1 is 1.17 bits per heavy atom. The summed E-state index contributed by atoms with van der Waals surface area (Å²) in [5.41, 5.74) is 0. The molecule has 0 radical (unpaired) electrons. The van der Waals surface area contributed by atoms with Gasteiger partial charge in [-0.25, -0.2) is 0 Å². The normalized spacial score (nSPS) is 15.6. The summed E-state index contributed by atoms with van der Waals surface area (Å²) < 4.78 is 5.78. The Kier molecular flexibility index (Phi) is 5.34. The fourth-order valence-electron chi connectivity index (χ4n) is 2.99. The van der Waals surface area contributed by atoms with E-state index in [1.54, 1.807) is 11.3 Å². The molecule has 1 aliphatic rings. The predicted octanol–water partition coefficient (Wildman–Crippen LogP) is 4.38. The van der Waals surface area contributed by atoms with Crippen LogP contribution in [0.4, 0.5) is 0 Å². The molecule has 0 saturated carbocycles. The molecular weight excluding hydrogens is 306 g/mol. The number of hydrogen-bond donors (Lipinski definition) is 0. The second-order valence-corrected chi connectivity index (χ2v) is 7.38. The second kappa shape index (κ2) is 7.64. The molecule has 0 unspecified atom stereocenters. The molecule has 1 fully saturated rings. The van der Waals surface area contributed by atoms with Crippen LogP contribution in [0, 0.1) is 12.8 Å². The van der Waals surface area contributed by atoms with Gasteiger partial charge in [-0.3, -0.25) is 4.79 Å². The molecule has 1 aliphatic heterocycles. The Morgan fingerprint density at radius 2 is 1.91 bits per heavy atom. The lowest BCUT2D eigenvalue weighted by Gasteiger charge is -2.31. The summed E-state index contributed by atoms with van der Waals surface area (Å²) in [5.74, 6) is 1.79. The largest absolute Gasteiger partial charge is 0.494 e. The topological polar surface area (TPSA) is 29.5 Å². The summed E-state index contributed by atoms with van der Waals surface area (Å²) in [5, 5.41) is 0. The number of nitrogens with zero attached hydrogens (tertiary/aromatic N) is 1. The zero-order valence-electron chi connectivity index (χ0n) is 13.5. The highest BCUT2D eigenvalue weighted by Crippen LogP contribution is 2.24. The van der Waals surface area contributed by atoms with E-state index in [4.69, 9.17) is 4.74 Å². The minimum Gasteiger partial charge on any atom is -0.494 e. The van der Waals surface area contributed by atoms with Crippen LogP contribution in [0.1, 0.15) is 33.8 Å². The average Bonchev–Trinajstić information content (AvgIpc) is 3.02. The van der Waals surface area contributed by atoms with Gasteiger partial charge in [-0.05, 0) is 56.4 Å². The van der Waals surface area contributed by atoms with Crippen LogP contribution in [-0.2, 0) is 0 Å². The van der Waals surface area contributed by atoms with Gasteiger partial charge in [0, 0.05) is 18.0 Å². The van der Waals surface area contributed by atoms with Crippen molar-refractivity contribution in [3.63, 3.8) is 0 Å². The van der Waals surface area contributed by atoms with Crippen LogP contribution in [0.25, 0.3) is 0 Å². The minimum absolute atomic E-state index is 0.196. The zero-order valence-corrected chi connectivity index (χ0v) is 14.3. The number of para-hydroxylation sites is 1. The summed E-state index contributed by atoms with van der Waals surface area (Å²) in [7, 11) is 0. The van der Waals surface area contributed by atoms with Crippen molar-refractivity contribution in [1.82, 2.24) is 4.90 Å². The van der Waals surface area contributed by atoms with Crippen molar-refractivity contribution in [2.75, 3.05) is 19.7 Å². The molecule has 0 spiro atoms. The third kappa shape index (κ3) is 4.35. The number of piperidine rings is 1. The third-order valence-electron chi connectivity index (χ3n) is 4.39. The maximum atomic E-state index is 12.4. The number of aryl methyl sites for hydroxylation is 1. The highest BCUT2D eigenvalue weighted by molar-refractivity contribution is 7.13. The van der Waals surface area contributed by atoms with E-state index in [9.17, 15) is 4.79 Å². The van der Waals surface area contributed by atoms with Crippen LogP contribution in [0.5, 0.6) is 5.75 Å². The number of benzene rings is 1. The number of thiophene rings is 1. The van der Waals surface area contributed by atoms with Gasteiger partial charge in [0.15, 0.2) is 0 Å². The van der Waals surface area contributed by atoms with Crippen molar-refractivity contribution < 1.29 is 9.53 Å². The molecule has 1 saturated heterocycles. The van der Waals surface area contributed by atoms with Crippen molar-refractivity contribution in [1.29, 1.82) is 0 Å². The van der Waals surface area contributed by atoms with E-state index in [1.165, 1.54) is 4.88 Å². The molecule has 0 aliphatic carbocycles. The zero-order chi connectivity index (χ0) is 16.1. The van der Waals surface area contributed by atoms with Gasteiger partial charge in [0.2, 0.25) is 0 Å². The Morgan fingerprint density at radius 3 is 2.57 bits per heavy atom. The Hall–Kier alpha value is -1.81. The molecule has 1 amide bonds. The van der Waals surface area contributed by atoms with Gasteiger partial charge in [0.1, 0.15) is 5.75 Å². The van der Waals surface area contributed by atoms with E-state index in [0.29, 0.717) is 5.92 Å². The lowest BCUT2D eigenvalue weighted by atomic mass is 9.94. The number of rotatable bonds is 5. The molecule has 122 valence electrons. The van der Waals surface area contributed by atoms with Gasteiger partial charge in [-0.1, -0.05) is 18.2 Å². The summed E-state index contributed by atoms with van der Waals surface area (Å²) in [4.78, 5) is 16.5. The SMILES string of the molecule is Cc1ccc(C(=O)N2CCC(CCOc3ccccc3)CC2)s1. The fraction of sp³-hybridized carbons (Fsp3) is 0.421. The number of hydrogen-bond acceptors (Lipinski definition) is 3. The summed E-state index contributed by atoms with van der Waals surface area (Å²) in [6, 6.07) is 13.9. The first-order chi connectivity index (χ1) is 11.2. The lowest BCUT2D eigenvalue weighted by Crippen LogP contribution is -2.38. The molecule has 4 heteroatoms. The highest BCUT2D eigenvalue weighted by Gasteiger charge is 2.24. The monoisotopic (exact) mass is 329 g/mol. The molecule has 0 atom stereocenters. The lowest BCUT2D eigenvalue weighted by molar-refractivity contribution is 0.0685. The van der Waals surface area contributed by atoms with Gasteiger partial charge in [-0.15, -0.1) is 11.3 Å². The third-order valence-corrected chi connectivity index (χ3v) is 5.38. The number of amides is 1. The Bertz CT molecular complexity index is 630. The number of carbonyl (C=O) groups is 1. The average molecular weight is 329 g/mol. The second-order valence-electron chi connectivity index (χ2n) is 6.10. The number of likely N-dealkylation sites (tertiary alicyclic amines) is 1. The molecule has 0 N–H and O–H groups in total. The smallest absolute Gasteiger partial charge is 0.263 e. The van der Waals surface area contributed by atoms with Crippen LogP contribution in [0.3, 0.4) is 0 Å². The summed E-state index contributed by atoms with van der Waals surface area (Å²) in [6.45, 7) is 4.53. The van der Waals surface area contributed by atoms with Crippen LogP contribution in [-0.4, -0.2) is 30.5 Å². The Labute approximate surface area is 141 Å². The predicted molar refractivity (Wildman–Crippen MR) is 94.2 cm³/mol. The maximum absolute atomic E-state index is 12.4. The van der Waals surface area contributed by atoms with Crippen LogP contribution >= 0.6 is 11.3 Å². The summed E-state index contributed by atoms with van der Waals surface area (Å²) in [6.07, 6.45) is 3.22. The van der Waals surface area contributed by atoms with Gasteiger partial charge in [0.25, 0.3) is 5.91 Å². The summed E-state index contributed by atoms with van der Waals surface area (Å²) >= 11 is 1.59. The molecule has 1 aromatic carbocycles. The van der Waals surface area contributed by atoms with Gasteiger partial charge in [-0.2, -0.15) is 0 Å². The fourth-order valence-corrected chi connectivity index (χ4v) is 3.83. The van der Waals surface area contributed by atoms with Crippen molar-refractivity contribution in [2.45, 2.75) is 26.2 Å². The molecule has 3 rings (SSSR count). The molecule has 2 aromatic rings. The van der Waals surface area contributed by atoms with Crippen molar-refractivity contribution in [2.24, 2.45) is 5.92 Å². The van der Waals surface area contributed by atoms with E-state index >= 15 is 0 Å². The maximum Gasteiger partial charge on any atom is 0.263 e.